The lowest BCUT2D eigenvalue weighted by atomic mass is 9.96. The monoisotopic (exact) mass is 345 g/mol. The lowest BCUT2D eigenvalue weighted by molar-refractivity contribution is -0.127. The van der Waals surface area contributed by atoms with Crippen molar-refractivity contribution in [3.63, 3.8) is 0 Å². The lowest BCUT2D eigenvalue weighted by Crippen LogP contribution is -2.38. The Morgan fingerprint density at radius 3 is 2.21 bits per heavy atom. The third kappa shape index (κ3) is 4.51. The third-order valence-corrected chi connectivity index (χ3v) is 4.46. The van der Waals surface area contributed by atoms with E-state index < -0.39 is 6.10 Å². The normalized spacial score (nSPS) is 13.2. The fourth-order valence-electron chi connectivity index (χ4n) is 2.63. The maximum Gasteiger partial charge on any atom is 0.261 e. The van der Waals surface area contributed by atoms with Gasteiger partial charge >= 0.3 is 0 Å². The molecule has 0 saturated carbocycles. The van der Waals surface area contributed by atoms with Gasteiger partial charge in [-0.3, -0.25) is 4.79 Å². The van der Waals surface area contributed by atoms with Gasteiger partial charge in [0, 0.05) is 5.02 Å². The van der Waals surface area contributed by atoms with Gasteiger partial charge in [0.2, 0.25) is 0 Å². The van der Waals surface area contributed by atoms with Crippen molar-refractivity contribution >= 4 is 17.5 Å². The molecule has 0 fully saturated rings. The van der Waals surface area contributed by atoms with Gasteiger partial charge in [0.1, 0.15) is 5.75 Å². The first-order valence-corrected chi connectivity index (χ1v) is 8.46. The van der Waals surface area contributed by atoms with Crippen molar-refractivity contribution in [3.8, 4) is 5.75 Å². The highest BCUT2D eigenvalue weighted by Crippen LogP contribution is 2.22. The van der Waals surface area contributed by atoms with Crippen LogP contribution in [0.15, 0.2) is 36.4 Å². The number of aryl methyl sites for hydroxylation is 3. The van der Waals surface area contributed by atoms with Crippen molar-refractivity contribution in [2.45, 2.75) is 46.8 Å². The first-order chi connectivity index (χ1) is 11.3. The van der Waals surface area contributed by atoms with Gasteiger partial charge in [-0.15, -0.1) is 0 Å². The summed E-state index contributed by atoms with van der Waals surface area (Å²) in [6.45, 7) is 9.97. The summed E-state index contributed by atoms with van der Waals surface area (Å²) in [5.41, 5.74) is 4.79. The third-order valence-electron chi connectivity index (χ3n) is 4.20. The number of ether oxygens (including phenoxy) is 1. The van der Waals surface area contributed by atoms with E-state index in [-0.39, 0.29) is 11.9 Å². The molecule has 0 unspecified atom stereocenters. The molecule has 0 aliphatic carbocycles. The number of halogens is 1. The van der Waals surface area contributed by atoms with Gasteiger partial charge in [-0.05, 0) is 81.1 Å². The molecule has 0 heterocycles. The Morgan fingerprint density at radius 1 is 1.00 bits per heavy atom. The Morgan fingerprint density at radius 2 is 1.58 bits per heavy atom. The number of nitrogens with one attached hydrogen (secondary N) is 1. The Kier molecular flexibility index (Phi) is 5.89. The number of benzene rings is 2. The molecule has 2 aromatic rings. The molecule has 2 rings (SSSR count). The molecule has 0 aliphatic rings. The van der Waals surface area contributed by atoms with E-state index in [0.717, 1.165) is 5.56 Å². The van der Waals surface area contributed by atoms with Crippen LogP contribution in [0.4, 0.5) is 0 Å². The Balaban J connectivity index is 2.03. The summed E-state index contributed by atoms with van der Waals surface area (Å²) >= 11 is 5.85. The van der Waals surface area contributed by atoms with Crippen LogP contribution in [0, 0.1) is 20.8 Å². The molecule has 0 saturated heterocycles. The number of hydrogen-bond acceptors (Lipinski definition) is 2. The predicted molar refractivity (Wildman–Crippen MR) is 98.8 cm³/mol. The molecule has 1 amide bonds. The summed E-state index contributed by atoms with van der Waals surface area (Å²) < 4.78 is 5.67. The van der Waals surface area contributed by atoms with Crippen LogP contribution in [0.5, 0.6) is 5.75 Å². The summed E-state index contributed by atoms with van der Waals surface area (Å²) in [6, 6.07) is 11.2. The van der Waals surface area contributed by atoms with Crippen LogP contribution >= 0.6 is 11.6 Å². The van der Waals surface area contributed by atoms with Crippen molar-refractivity contribution in [1.29, 1.82) is 0 Å². The zero-order chi connectivity index (χ0) is 17.9. The zero-order valence-electron chi connectivity index (χ0n) is 14.8. The van der Waals surface area contributed by atoms with E-state index in [9.17, 15) is 4.79 Å². The van der Waals surface area contributed by atoms with E-state index in [4.69, 9.17) is 16.3 Å². The molecule has 0 bridgehead atoms. The molecule has 3 nitrogen and oxygen atoms in total. The van der Waals surface area contributed by atoms with Crippen LogP contribution in [0.1, 0.15) is 42.1 Å². The van der Waals surface area contributed by atoms with E-state index >= 15 is 0 Å². The van der Waals surface area contributed by atoms with E-state index in [1.165, 1.54) is 16.7 Å². The minimum Gasteiger partial charge on any atom is -0.481 e. The number of carbonyl (C=O) groups is 1. The maximum absolute atomic E-state index is 12.4. The van der Waals surface area contributed by atoms with Gasteiger partial charge in [0.25, 0.3) is 5.91 Å². The SMILES string of the molecule is Cc1cc(C)c([C@H](C)NC(=O)[C@@H](C)Oc2ccc(Cl)cc2)cc1C. The van der Waals surface area contributed by atoms with Gasteiger partial charge < -0.3 is 10.1 Å². The summed E-state index contributed by atoms with van der Waals surface area (Å²) in [6.07, 6.45) is -0.583. The van der Waals surface area contributed by atoms with Gasteiger partial charge in [-0.2, -0.15) is 0 Å². The molecule has 2 aromatic carbocycles. The van der Waals surface area contributed by atoms with Crippen LogP contribution in [0.2, 0.25) is 5.02 Å². The minimum atomic E-state index is -0.583. The van der Waals surface area contributed by atoms with Crippen molar-refractivity contribution in [2.24, 2.45) is 0 Å². The largest absolute Gasteiger partial charge is 0.481 e. The number of carbonyl (C=O) groups excluding carboxylic acids is 1. The molecule has 4 heteroatoms. The standard InChI is InChI=1S/C20H24ClNO2/c1-12-10-14(3)19(11-13(12)2)15(4)22-20(23)16(5)24-18-8-6-17(21)7-9-18/h6-11,15-16H,1-5H3,(H,22,23)/t15-,16+/m0/s1. The average Bonchev–Trinajstić information content (AvgIpc) is 2.52. The van der Waals surface area contributed by atoms with E-state index in [1.54, 1.807) is 31.2 Å². The fraction of sp³-hybridized carbons (Fsp3) is 0.350. The smallest absolute Gasteiger partial charge is 0.261 e. The highest BCUT2D eigenvalue weighted by molar-refractivity contribution is 6.30. The van der Waals surface area contributed by atoms with Gasteiger partial charge in [0.15, 0.2) is 6.10 Å². The Bertz CT molecular complexity index is 725. The quantitative estimate of drug-likeness (QED) is 0.836. The maximum atomic E-state index is 12.4. The van der Waals surface area contributed by atoms with Crippen molar-refractivity contribution < 1.29 is 9.53 Å². The highest BCUT2D eigenvalue weighted by atomic mass is 35.5. The van der Waals surface area contributed by atoms with Crippen molar-refractivity contribution in [3.05, 3.63) is 63.7 Å². The summed E-state index contributed by atoms with van der Waals surface area (Å²) in [5.74, 6) is 0.479. The molecule has 0 aromatic heterocycles. The van der Waals surface area contributed by atoms with Gasteiger partial charge in [-0.1, -0.05) is 23.7 Å². The Labute approximate surface area is 149 Å². The van der Waals surface area contributed by atoms with Crippen LogP contribution in [-0.4, -0.2) is 12.0 Å². The van der Waals surface area contributed by atoms with Crippen LogP contribution in [0.25, 0.3) is 0 Å². The molecule has 0 spiro atoms. The van der Waals surface area contributed by atoms with Crippen molar-refractivity contribution in [1.82, 2.24) is 5.32 Å². The fourth-order valence-corrected chi connectivity index (χ4v) is 2.75. The van der Waals surface area contributed by atoms with E-state index in [2.05, 4.69) is 38.2 Å². The second kappa shape index (κ2) is 7.71. The van der Waals surface area contributed by atoms with Crippen molar-refractivity contribution in [2.75, 3.05) is 0 Å². The second-order valence-corrected chi connectivity index (χ2v) is 6.67. The minimum absolute atomic E-state index is 0.0759. The lowest BCUT2D eigenvalue weighted by Gasteiger charge is -2.21. The molecule has 1 N–H and O–H groups in total. The second-order valence-electron chi connectivity index (χ2n) is 6.24. The number of rotatable bonds is 5. The molecule has 128 valence electrons. The summed E-state index contributed by atoms with van der Waals surface area (Å²) in [5, 5.41) is 3.66. The van der Waals surface area contributed by atoms with Gasteiger partial charge in [-0.25, -0.2) is 0 Å². The highest BCUT2D eigenvalue weighted by Gasteiger charge is 2.19. The first kappa shape index (κ1) is 18.3. The zero-order valence-corrected chi connectivity index (χ0v) is 15.6. The van der Waals surface area contributed by atoms with Gasteiger partial charge in [0.05, 0.1) is 6.04 Å². The number of amides is 1. The van der Waals surface area contributed by atoms with E-state index in [0.29, 0.717) is 10.8 Å². The average molecular weight is 346 g/mol. The molecular weight excluding hydrogens is 322 g/mol. The Hall–Kier alpha value is -2.00. The molecular formula is C20H24ClNO2. The molecule has 2 atom stereocenters. The summed E-state index contributed by atoms with van der Waals surface area (Å²) in [4.78, 5) is 12.4. The topological polar surface area (TPSA) is 38.3 Å². The summed E-state index contributed by atoms with van der Waals surface area (Å²) in [7, 11) is 0. The predicted octanol–water partition coefficient (Wildman–Crippen LogP) is 4.91. The number of hydrogen-bond donors (Lipinski definition) is 1. The molecule has 0 radical (unpaired) electrons. The van der Waals surface area contributed by atoms with Crippen LogP contribution < -0.4 is 10.1 Å². The van der Waals surface area contributed by atoms with Crippen LogP contribution in [0.3, 0.4) is 0 Å². The first-order valence-electron chi connectivity index (χ1n) is 8.08. The van der Waals surface area contributed by atoms with E-state index in [1.807, 2.05) is 6.92 Å². The molecule has 0 aliphatic heterocycles. The molecule has 24 heavy (non-hydrogen) atoms. The van der Waals surface area contributed by atoms with Crippen LogP contribution in [-0.2, 0) is 4.79 Å².